The van der Waals surface area contributed by atoms with Crippen LogP contribution in [0.25, 0.3) is 0 Å². The van der Waals surface area contributed by atoms with E-state index in [4.69, 9.17) is 9.47 Å². The molecule has 0 aliphatic heterocycles. The van der Waals surface area contributed by atoms with Crippen molar-refractivity contribution >= 4 is 33.8 Å². The molecule has 0 aliphatic carbocycles. The lowest BCUT2D eigenvalue weighted by molar-refractivity contribution is 0.103. The molecular formula is C15H21BrN2O4. The molecule has 0 aliphatic rings. The first-order valence-electron chi connectivity index (χ1n) is 6.95. The molecule has 0 saturated carbocycles. The standard InChI is InChI=1S/C15H21BrN2O4/c1-9(2)21-14(19)17-18(15(20)22-10(3)4)13-7-6-11(5)8-12(13)16/h6-10H,1-5H3,(H,17,19). The van der Waals surface area contributed by atoms with Crippen LogP contribution in [-0.4, -0.2) is 24.4 Å². The van der Waals surface area contributed by atoms with Gasteiger partial charge in [-0.05, 0) is 68.2 Å². The predicted octanol–water partition coefficient (Wildman–Crippen LogP) is 4.16. The molecule has 1 aromatic rings. The number of hydrogen-bond acceptors (Lipinski definition) is 4. The highest BCUT2D eigenvalue weighted by molar-refractivity contribution is 9.10. The molecule has 0 heterocycles. The van der Waals surface area contributed by atoms with Crippen molar-refractivity contribution in [1.82, 2.24) is 5.43 Å². The lowest BCUT2D eigenvalue weighted by Crippen LogP contribution is -2.48. The minimum atomic E-state index is -0.733. The molecule has 0 spiro atoms. The summed E-state index contributed by atoms with van der Waals surface area (Å²) in [5.74, 6) is 0. The highest BCUT2D eigenvalue weighted by Crippen LogP contribution is 2.27. The maximum Gasteiger partial charge on any atom is 0.433 e. The van der Waals surface area contributed by atoms with Crippen LogP contribution >= 0.6 is 15.9 Å². The molecule has 1 rings (SSSR count). The summed E-state index contributed by atoms with van der Waals surface area (Å²) >= 11 is 3.38. The smallest absolute Gasteiger partial charge is 0.433 e. The lowest BCUT2D eigenvalue weighted by Gasteiger charge is -2.25. The summed E-state index contributed by atoms with van der Waals surface area (Å²) in [6.07, 6.45) is -2.05. The third-order valence-electron chi connectivity index (χ3n) is 2.41. The second-order valence-electron chi connectivity index (χ2n) is 5.29. The van der Waals surface area contributed by atoms with E-state index in [0.29, 0.717) is 10.2 Å². The van der Waals surface area contributed by atoms with Crippen LogP contribution in [0.5, 0.6) is 0 Å². The topological polar surface area (TPSA) is 67.9 Å². The monoisotopic (exact) mass is 372 g/mol. The van der Waals surface area contributed by atoms with Gasteiger partial charge in [-0.15, -0.1) is 0 Å². The van der Waals surface area contributed by atoms with Crippen molar-refractivity contribution < 1.29 is 19.1 Å². The van der Waals surface area contributed by atoms with Gasteiger partial charge in [0.2, 0.25) is 0 Å². The number of hydrazine groups is 1. The summed E-state index contributed by atoms with van der Waals surface area (Å²) in [5.41, 5.74) is 3.86. The first kappa shape index (κ1) is 18.3. The van der Waals surface area contributed by atoms with Gasteiger partial charge >= 0.3 is 12.2 Å². The Balaban J connectivity index is 3.05. The fraction of sp³-hybridized carbons (Fsp3) is 0.467. The number of carbonyl (C=O) groups is 2. The number of carbonyl (C=O) groups excluding carboxylic acids is 2. The van der Waals surface area contributed by atoms with Crippen LogP contribution in [0, 0.1) is 6.92 Å². The molecule has 0 fully saturated rings. The summed E-state index contributed by atoms with van der Waals surface area (Å²) in [7, 11) is 0. The Bertz CT molecular complexity index is 546. The molecule has 22 heavy (non-hydrogen) atoms. The van der Waals surface area contributed by atoms with E-state index >= 15 is 0 Å². The van der Waals surface area contributed by atoms with Gasteiger partial charge in [0, 0.05) is 4.47 Å². The molecule has 0 bridgehead atoms. The van der Waals surface area contributed by atoms with Gasteiger partial charge in [0.15, 0.2) is 0 Å². The van der Waals surface area contributed by atoms with E-state index in [9.17, 15) is 9.59 Å². The van der Waals surface area contributed by atoms with E-state index in [2.05, 4.69) is 21.4 Å². The molecule has 0 aromatic heterocycles. The van der Waals surface area contributed by atoms with Crippen molar-refractivity contribution in [2.75, 3.05) is 5.01 Å². The molecule has 7 heteroatoms. The number of amides is 2. The van der Waals surface area contributed by atoms with Crippen molar-refractivity contribution in [2.45, 2.75) is 46.8 Å². The fourth-order valence-corrected chi connectivity index (χ4v) is 2.25. The summed E-state index contributed by atoms with van der Waals surface area (Å²) in [6, 6.07) is 5.36. The number of ether oxygens (including phenoxy) is 2. The van der Waals surface area contributed by atoms with Crippen molar-refractivity contribution in [3.63, 3.8) is 0 Å². The second-order valence-corrected chi connectivity index (χ2v) is 6.14. The first-order valence-corrected chi connectivity index (χ1v) is 7.74. The Kier molecular flexibility index (Phi) is 6.67. The molecule has 0 atom stereocenters. The van der Waals surface area contributed by atoms with E-state index in [0.717, 1.165) is 10.6 Å². The van der Waals surface area contributed by atoms with Crippen molar-refractivity contribution in [3.8, 4) is 0 Å². The van der Waals surface area contributed by atoms with Crippen molar-refractivity contribution in [2.24, 2.45) is 0 Å². The number of nitrogens with one attached hydrogen (secondary N) is 1. The normalized spacial score (nSPS) is 10.5. The van der Waals surface area contributed by atoms with Gasteiger partial charge in [-0.2, -0.15) is 5.01 Å². The average Bonchev–Trinajstić information content (AvgIpc) is 2.34. The van der Waals surface area contributed by atoms with Crippen LogP contribution in [0.4, 0.5) is 15.3 Å². The quantitative estimate of drug-likeness (QED) is 0.808. The van der Waals surface area contributed by atoms with Crippen LogP contribution < -0.4 is 10.4 Å². The largest absolute Gasteiger partial charge is 0.446 e. The maximum atomic E-state index is 12.2. The van der Waals surface area contributed by atoms with Crippen LogP contribution in [-0.2, 0) is 9.47 Å². The zero-order valence-electron chi connectivity index (χ0n) is 13.3. The number of halogens is 1. The molecule has 0 radical (unpaired) electrons. The van der Waals surface area contributed by atoms with Gasteiger partial charge in [-0.1, -0.05) is 6.07 Å². The molecule has 1 N–H and O–H groups in total. The summed E-state index contributed by atoms with van der Waals surface area (Å²) in [6.45, 7) is 8.82. The lowest BCUT2D eigenvalue weighted by atomic mass is 10.2. The fourth-order valence-electron chi connectivity index (χ4n) is 1.58. The Morgan fingerprint density at radius 3 is 2.23 bits per heavy atom. The van der Waals surface area contributed by atoms with Crippen molar-refractivity contribution in [1.29, 1.82) is 0 Å². The zero-order chi connectivity index (χ0) is 16.9. The highest BCUT2D eigenvalue weighted by atomic mass is 79.9. The predicted molar refractivity (Wildman–Crippen MR) is 87.7 cm³/mol. The van der Waals surface area contributed by atoms with Gasteiger partial charge in [0.05, 0.1) is 17.9 Å². The number of hydrogen-bond donors (Lipinski definition) is 1. The molecule has 0 saturated heterocycles. The summed E-state index contributed by atoms with van der Waals surface area (Å²) in [5, 5.41) is 1.02. The number of benzene rings is 1. The van der Waals surface area contributed by atoms with Crippen LogP contribution in [0.15, 0.2) is 22.7 Å². The van der Waals surface area contributed by atoms with Crippen molar-refractivity contribution in [3.05, 3.63) is 28.2 Å². The maximum absolute atomic E-state index is 12.2. The van der Waals surface area contributed by atoms with Gasteiger partial charge in [-0.25, -0.2) is 15.0 Å². The number of aryl methyl sites for hydroxylation is 1. The number of nitrogens with zero attached hydrogens (tertiary/aromatic N) is 1. The van der Waals surface area contributed by atoms with E-state index < -0.39 is 12.2 Å². The summed E-state index contributed by atoms with van der Waals surface area (Å²) in [4.78, 5) is 24.0. The number of rotatable bonds is 3. The van der Waals surface area contributed by atoms with E-state index in [1.807, 2.05) is 19.1 Å². The molecular weight excluding hydrogens is 352 g/mol. The van der Waals surface area contributed by atoms with Gasteiger partial charge in [0.1, 0.15) is 0 Å². The molecule has 0 unspecified atom stereocenters. The Morgan fingerprint density at radius 1 is 1.14 bits per heavy atom. The Hall–Kier alpha value is -1.76. The van der Waals surface area contributed by atoms with Crippen LogP contribution in [0.2, 0.25) is 0 Å². The van der Waals surface area contributed by atoms with E-state index in [1.54, 1.807) is 33.8 Å². The van der Waals surface area contributed by atoms with Gasteiger partial charge in [0.25, 0.3) is 0 Å². The second kappa shape index (κ2) is 8.03. The first-order chi connectivity index (χ1) is 10.2. The SMILES string of the molecule is Cc1ccc(N(NC(=O)OC(C)C)C(=O)OC(C)C)c(Br)c1. The number of anilines is 1. The highest BCUT2D eigenvalue weighted by Gasteiger charge is 2.24. The minimum absolute atomic E-state index is 0.301. The van der Waals surface area contributed by atoms with Gasteiger partial charge < -0.3 is 9.47 Å². The average molecular weight is 373 g/mol. The third kappa shape index (κ3) is 5.55. The Morgan fingerprint density at radius 2 is 1.73 bits per heavy atom. The van der Waals surface area contributed by atoms with Crippen LogP contribution in [0.3, 0.4) is 0 Å². The Labute approximate surface area is 138 Å². The van der Waals surface area contributed by atoms with Crippen LogP contribution in [0.1, 0.15) is 33.3 Å². The van der Waals surface area contributed by atoms with E-state index in [1.165, 1.54) is 0 Å². The minimum Gasteiger partial charge on any atom is -0.446 e. The summed E-state index contributed by atoms with van der Waals surface area (Å²) < 4.78 is 10.8. The third-order valence-corrected chi connectivity index (χ3v) is 3.04. The molecule has 2 amide bonds. The molecule has 1 aromatic carbocycles. The molecule has 6 nitrogen and oxygen atoms in total. The zero-order valence-corrected chi connectivity index (χ0v) is 14.9. The van der Waals surface area contributed by atoms with E-state index in [-0.39, 0.29) is 12.2 Å². The van der Waals surface area contributed by atoms with Gasteiger partial charge in [-0.3, -0.25) is 0 Å². The molecule has 122 valence electrons.